The Morgan fingerprint density at radius 1 is 1.25 bits per heavy atom. The molecule has 0 spiro atoms. The predicted molar refractivity (Wildman–Crippen MR) is 78.2 cm³/mol. The van der Waals surface area contributed by atoms with E-state index in [0.717, 1.165) is 18.6 Å². The fourth-order valence-corrected chi connectivity index (χ4v) is 3.61. The van der Waals surface area contributed by atoms with Crippen molar-refractivity contribution in [3.63, 3.8) is 0 Å². The van der Waals surface area contributed by atoms with Crippen LogP contribution in [0.4, 0.5) is 0 Å². The number of halogens is 1. The molecule has 2 unspecified atom stereocenters. The third kappa shape index (κ3) is 1.91. The fourth-order valence-electron chi connectivity index (χ4n) is 3.40. The van der Waals surface area contributed by atoms with Crippen LogP contribution in [0.25, 0.3) is 5.52 Å². The van der Waals surface area contributed by atoms with E-state index in [1.54, 1.807) is 6.20 Å². The number of fused-ring (bicyclic) bond motifs is 3. The zero-order valence-corrected chi connectivity index (χ0v) is 11.8. The molecule has 2 aliphatic rings. The smallest absolute Gasteiger partial charge is 0.253 e. The van der Waals surface area contributed by atoms with Crippen molar-refractivity contribution in [3.05, 3.63) is 41.2 Å². The summed E-state index contributed by atoms with van der Waals surface area (Å²) in [6.07, 6.45) is 3.01. The summed E-state index contributed by atoms with van der Waals surface area (Å²) in [7, 11) is 0. The molecule has 1 amide bonds. The molecule has 0 aliphatic carbocycles. The molecule has 0 radical (unpaired) electrons. The van der Waals surface area contributed by atoms with Crippen LogP contribution in [0.5, 0.6) is 0 Å². The highest BCUT2D eigenvalue weighted by Crippen LogP contribution is 2.28. The van der Waals surface area contributed by atoms with Gasteiger partial charge in [0.15, 0.2) is 0 Å². The summed E-state index contributed by atoms with van der Waals surface area (Å²) in [5.74, 6) is 0.619. The number of piperidine rings is 1. The number of nitrogens with one attached hydrogen (secondary N) is 1. The Balaban J connectivity index is 1.56. The summed E-state index contributed by atoms with van der Waals surface area (Å²) in [5.41, 5.74) is 1.66. The highest BCUT2D eigenvalue weighted by atomic mass is 35.5. The average molecular weight is 290 g/mol. The van der Waals surface area contributed by atoms with Crippen molar-refractivity contribution in [1.29, 1.82) is 0 Å². The van der Waals surface area contributed by atoms with Gasteiger partial charge in [-0.3, -0.25) is 4.79 Å². The van der Waals surface area contributed by atoms with Crippen molar-refractivity contribution in [3.8, 4) is 0 Å². The molecular formula is C15H16ClN3O. The maximum absolute atomic E-state index is 12.4. The van der Waals surface area contributed by atoms with Gasteiger partial charge in [0.2, 0.25) is 0 Å². The Labute approximate surface area is 122 Å². The molecule has 4 rings (SSSR count). The van der Waals surface area contributed by atoms with Gasteiger partial charge >= 0.3 is 0 Å². The zero-order valence-electron chi connectivity index (χ0n) is 11.1. The maximum atomic E-state index is 12.4. The molecule has 2 aliphatic heterocycles. The van der Waals surface area contributed by atoms with Crippen molar-refractivity contribution in [2.75, 3.05) is 19.6 Å². The van der Waals surface area contributed by atoms with Crippen LogP contribution in [0.2, 0.25) is 5.15 Å². The molecule has 2 bridgehead atoms. The van der Waals surface area contributed by atoms with Gasteiger partial charge in [0.1, 0.15) is 5.15 Å². The summed E-state index contributed by atoms with van der Waals surface area (Å²) in [6, 6.07) is 7.85. The number of carbonyl (C=O) groups is 1. The second-order valence-electron chi connectivity index (χ2n) is 5.76. The molecule has 20 heavy (non-hydrogen) atoms. The number of pyridine rings is 1. The Morgan fingerprint density at radius 2 is 2.10 bits per heavy atom. The van der Waals surface area contributed by atoms with Gasteiger partial charge in [-0.15, -0.1) is 0 Å². The number of hydrogen-bond acceptors (Lipinski definition) is 2. The molecule has 4 heterocycles. The van der Waals surface area contributed by atoms with Gasteiger partial charge in [-0.2, -0.15) is 0 Å². The summed E-state index contributed by atoms with van der Waals surface area (Å²) >= 11 is 6.10. The first-order chi connectivity index (χ1) is 9.70. The fraction of sp³-hybridized carbons (Fsp3) is 0.400. The highest BCUT2D eigenvalue weighted by molar-refractivity contribution is 6.30. The zero-order chi connectivity index (χ0) is 13.7. The van der Waals surface area contributed by atoms with E-state index >= 15 is 0 Å². The van der Waals surface area contributed by atoms with Gasteiger partial charge < -0.3 is 14.6 Å². The normalized spacial score (nSPS) is 28.1. The molecule has 3 atom stereocenters. The maximum Gasteiger partial charge on any atom is 0.253 e. The predicted octanol–water partition coefficient (Wildman–Crippen LogP) is 2.03. The van der Waals surface area contributed by atoms with Gasteiger partial charge in [-0.05, 0) is 43.1 Å². The summed E-state index contributed by atoms with van der Waals surface area (Å²) < 4.78 is 1.83. The van der Waals surface area contributed by atoms with Crippen LogP contribution in [-0.2, 0) is 0 Å². The Hall–Kier alpha value is -1.52. The van der Waals surface area contributed by atoms with Crippen LogP contribution in [0.1, 0.15) is 16.8 Å². The van der Waals surface area contributed by atoms with Crippen LogP contribution in [-0.4, -0.2) is 40.9 Å². The van der Waals surface area contributed by atoms with E-state index in [1.165, 1.54) is 13.0 Å². The van der Waals surface area contributed by atoms with Gasteiger partial charge in [-0.1, -0.05) is 11.6 Å². The molecule has 104 valence electrons. The molecule has 2 aromatic rings. The quantitative estimate of drug-likeness (QED) is 0.918. The SMILES string of the molecule is O=C(NC1CN2CC[C@H]1C2)c1ccc2ccc(Cl)n2c1. The minimum Gasteiger partial charge on any atom is -0.348 e. The van der Waals surface area contributed by atoms with E-state index in [1.807, 2.05) is 28.7 Å². The Kier molecular flexibility index (Phi) is 2.75. The standard InChI is InChI=1S/C15H16ClN3O/c16-14-4-3-12-2-1-11(8-19(12)14)15(20)17-13-9-18-6-5-10(13)7-18/h1-4,8,10,13H,5-7,9H2,(H,17,20)/t10-,13?/m0/s1. The molecule has 0 saturated carbocycles. The van der Waals surface area contributed by atoms with Crippen molar-refractivity contribution in [1.82, 2.24) is 14.6 Å². The van der Waals surface area contributed by atoms with Crippen molar-refractivity contribution < 1.29 is 4.79 Å². The number of amides is 1. The van der Waals surface area contributed by atoms with Crippen LogP contribution in [0, 0.1) is 5.92 Å². The minimum atomic E-state index is -0.00424. The lowest BCUT2D eigenvalue weighted by molar-refractivity contribution is 0.0924. The van der Waals surface area contributed by atoms with Gasteiger partial charge in [0.25, 0.3) is 5.91 Å². The second kappa shape index (κ2) is 4.50. The molecule has 1 N–H and O–H groups in total. The highest BCUT2D eigenvalue weighted by Gasteiger charge is 2.38. The van der Waals surface area contributed by atoms with Crippen LogP contribution in [0.3, 0.4) is 0 Å². The third-order valence-corrected chi connectivity index (χ3v) is 4.82. The third-order valence-electron chi connectivity index (χ3n) is 4.51. The average Bonchev–Trinajstić information content (AvgIpc) is 3.15. The molecule has 2 saturated heterocycles. The van der Waals surface area contributed by atoms with Crippen LogP contribution < -0.4 is 5.32 Å². The van der Waals surface area contributed by atoms with E-state index < -0.39 is 0 Å². The first-order valence-electron chi connectivity index (χ1n) is 7.00. The van der Waals surface area contributed by atoms with Gasteiger partial charge in [-0.25, -0.2) is 0 Å². The number of rotatable bonds is 2. The number of nitrogens with zero attached hydrogens (tertiary/aromatic N) is 2. The van der Waals surface area contributed by atoms with Crippen LogP contribution >= 0.6 is 11.6 Å². The lowest BCUT2D eigenvalue weighted by Gasteiger charge is -2.23. The van der Waals surface area contributed by atoms with Gasteiger partial charge in [0, 0.05) is 30.8 Å². The molecule has 2 aromatic heterocycles. The number of hydrogen-bond donors (Lipinski definition) is 1. The van der Waals surface area contributed by atoms with E-state index in [0.29, 0.717) is 22.7 Å². The van der Waals surface area contributed by atoms with E-state index in [-0.39, 0.29) is 5.91 Å². The van der Waals surface area contributed by atoms with Crippen LogP contribution in [0.15, 0.2) is 30.5 Å². The first kappa shape index (κ1) is 12.2. The van der Waals surface area contributed by atoms with E-state index in [2.05, 4.69) is 10.2 Å². The summed E-state index contributed by atoms with van der Waals surface area (Å²) in [6.45, 7) is 3.30. The Bertz CT molecular complexity index is 681. The van der Waals surface area contributed by atoms with Crippen molar-refractivity contribution in [2.24, 2.45) is 5.92 Å². The Morgan fingerprint density at radius 3 is 2.85 bits per heavy atom. The second-order valence-corrected chi connectivity index (χ2v) is 6.14. The van der Waals surface area contributed by atoms with E-state index in [9.17, 15) is 4.79 Å². The summed E-state index contributed by atoms with van der Waals surface area (Å²) in [5, 5.41) is 3.79. The number of aromatic nitrogens is 1. The van der Waals surface area contributed by atoms with Crippen molar-refractivity contribution in [2.45, 2.75) is 12.5 Å². The molecule has 2 fully saturated rings. The monoisotopic (exact) mass is 289 g/mol. The lowest BCUT2D eigenvalue weighted by atomic mass is 10.00. The first-order valence-corrected chi connectivity index (χ1v) is 7.38. The van der Waals surface area contributed by atoms with E-state index in [4.69, 9.17) is 11.6 Å². The topological polar surface area (TPSA) is 36.8 Å². The molecule has 5 heteroatoms. The molecular weight excluding hydrogens is 274 g/mol. The minimum absolute atomic E-state index is 0.00424. The van der Waals surface area contributed by atoms with Crippen molar-refractivity contribution >= 4 is 23.0 Å². The van der Waals surface area contributed by atoms with Gasteiger partial charge in [0.05, 0.1) is 5.56 Å². The lowest BCUT2D eigenvalue weighted by Crippen LogP contribution is -2.43. The summed E-state index contributed by atoms with van der Waals surface area (Å²) in [4.78, 5) is 14.8. The molecule has 0 aromatic carbocycles. The molecule has 4 nitrogen and oxygen atoms in total. The largest absolute Gasteiger partial charge is 0.348 e. The number of carbonyl (C=O) groups excluding carboxylic acids is 1.